The Morgan fingerprint density at radius 2 is 1.84 bits per heavy atom. The molecule has 0 saturated heterocycles. The highest BCUT2D eigenvalue weighted by molar-refractivity contribution is 6.35. The second-order valence-electron chi connectivity index (χ2n) is 4.19. The average Bonchev–Trinajstić information content (AvgIpc) is 2.34. The molecule has 2 aromatic rings. The lowest BCUT2D eigenvalue weighted by molar-refractivity contribution is 0.494. The monoisotopic (exact) mass is 301 g/mol. The van der Waals surface area contributed by atoms with Crippen LogP contribution >= 0.6 is 23.2 Å². The number of rotatable bonds is 3. The van der Waals surface area contributed by atoms with E-state index in [1.165, 1.54) is 12.1 Å². The molecule has 1 unspecified atom stereocenters. The molecule has 0 aliphatic heterocycles. The van der Waals surface area contributed by atoms with E-state index >= 15 is 0 Å². The van der Waals surface area contributed by atoms with Crippen molar-refractivity contribution in [2.75, 3.05) is 0 Å². The third-order valence-corrected chi connectivity index (χ3v) is 3.40. The number of hydrogen-bond acceptors (Lipinski definition) is 1. The maximum Gasteiger partial charge on any atom is 0.162 e. The molecule has 2 N–H and O–H groups in total. The van der Waals surface area contributed by atoms with E-state index in [1.54, 1.807) is 18.2 Å². The van der Waals surface area contributed by atoms with Crippen molar-refractivity contribution in [3.05, 3.63) is 69.2 Å². The summed E-state index contributed by atoms with van der Waals surface area (Å²) in [6, 6.07) is 8.41. The molecule has 0 aliphatic carbocycles. The van der Waals surface area contributed by atoms with Gasteiger partial charge in [-0.2, -0.15) is 0 Å². The molecular weight excluding hydrogens is 291 g/mol. The van der Waals surface area contributed by atoms with Gasteiger partial charge in [-0.1, -0.05) is 41.4 Å². The molecule has 0 amide bonds. The highest BCUT2D eigenvalue weighted by Crippen LogP contribution is 2.27. The maximum absolute atomic E-state index is 13.6. The second-order valence-corrected chi connectivity index (χ2v) is 5.03. The zero-order valence-corrected chi connectivity index (χ0v) is 11.3. The van der Waals surface area contributed by atoms with E-state index in [4.69, 9.17) is 28.9 Å². The van der Waals surface area contributed by atoms with Crippen molar-refractivity contribution >= 4 is 23.2 Å². The van der Waals surface area contributed by atoms with E-state index in [0.29, 0.717) is 15.6 Å². The number of benzene rings is 2. The molecule has 1 nitrogen and oxygen atoms in total. The summed E-state index contributed by atoms with van der Waals surface area (Å²) in [5.41, 5.74) is 6.85. The summed E-state index contributed by atoms with van der Waals surface area (Å²) in [5, 5.41) is 0.912. The number of hydrogen-bond donors (Lipinski definition) is 1. The maximum atomic E-state index is 13.6. The van der Waals surface area contributed by atoms with Crippen molar-refractivity contribution in [2.24, 2.45) is 5.73 Å². The summed E-state index contributed by atoms with van der Waals surface area (Å²) in [4.78, 5) is 0. The van der Waals surface area contributed by atoms with Crippen molar-refractivity contribution < 1.29 is 8.78 Å². The van der Waals surface area contributed by atoms with Crippen LogP contribution in [0.4, 0.5) is 8.78 Å². The minimum atomic E-state index is -0.882. The van der Waals surface area contributed by atoms with E-state index in [2.05, 4.69) is 0 Å². The van der Waals surface area contributed by atoms with Gasteiger partial charge in [0.15, 0.2) is 11.6 Å². The summed E-state index contributed by atoms with van der Waals surface area (Å²) in [6.07, 6.45) is 0.158. The van der Waals surface area contributed by atoms with Crippen LogP contribution in [-0.4, -0.2) is 0 Å². The molecule has 0 saturated carbocycles. The van der Waals surface area contributed by atoms with E-state index < -0.39 is 17.7 Å². The van der Waals surface area contributed by atoms with Gasteiger partial charge in [0.05, 0.1) is 0 Å². The lowest BCUT2D eigenvalue weighted by atomic mass is 9.99. The molecule has 0 fully saturated rings. The van der Waals surface area contributed by atoms with Crippen LogP contribution in [0.3, 0.4) is 0 Å². The van der Waals surface area contributed by atoms with Gasteiger partial charge < -0.3 is 5.73 Å². The van der Waals surface area contributed by atoms with Crippen LogP contribution in [0.25, 0.3) is 0 Å². The van der Waals surface area contributed by atoms with Gasteiger partial charge in [0.1, 0.15) is 0 Å². The van der Waals surface area contributed by atoms with Crippen LogP contribution in [0, 0.1) is 11.6 Å². The molecule has 0 aromatic heterocycles. The summed E-state index contributed by atoms with van der Waals surface area (Å²) >= 11 is 11.8. The first-order valence-corrected chi connectivity index (χ1v) is 6.38. The molecule has 0 aliphatic rings. The Kier molecular flexibility index (Phi) is 4.40. The quantitative estimate of drug-likeness (QED) is 0.886. The Balaban J connectivity index is 2.25. The van der Waals surface area contributed by atoms with E-state index in [1.807, 2.05) is 0 Å². The highest BCUT2D eigenvalue weighted by atomic mass is 35.5. The van der Waals surface area contributed by atoms with Gasteiger partial charge in [-0.25, -0.2) is 8.78 Å². The molecule has 0 spiro atoms. The normalized spacial score (nSPS) is 12.5. The Morgan fingerprint density at radius 1 is 1.11 bits per heavy atom. The smallest absolute Gasteiger partial charge is 0.162 e. The minimum Gasteiger partial charge on any atom is -0.324 e. The van der Waals surface area contributed by atoms with Crippen LogP contribution in [0.1, 0.15) is 17.2 Å². The van der Waals surface area contributed by atoms with Crippen molar-refractivity contribution in [3.63, 3.8) is 0 Å². The fourth-order valence-electron chi connectivity index (χ4n) is 1.86. The van der Waals surface area contributed by atoms with Gasteiger partial charge in [0.25, 0.3) is 0 Å². The largest absolute Gasteiger partial charge is 0.324 e. The number of halogens is 4. The highest BCUT2D eigenvalue weighted by Gasteiger charge is 2.15. The van der Waals surface area contributed by atoms with E-state index in [0.717, 1.165) is 6.07 Å². The number of nitrogens with two attached hydrogens (primary N) is 1. The van der Waals surface area contributed by atoms with Crippen LogP contribution in [0.2, 0.25) is 10.0 Å². The third kappa shape index (κ3) is 3.24. The van der Waals surface area contributed by atoms with Gasteiger partial charge in [0, 0.05) is 16.1 Å². The zero-order chi connectivity index (χ0) is 14.0. The minimum absolute atomic E-state index is 0.158. The predicted molar refractivity (Wildman–Crippen MR) is 73.5 cm³/mol. The van der Waals surface area contributed by atoms with Crippen molar-refractivity contribution in [1.29, 1.82) is 0 Å². The Hall–Kier alpha value is -1.16. The van der Waals surface area contributed by atoms with Gasteiger partial charge in [-0.05, 0) is 35.7 Å². The Labute approximate surface area is 119 Å². The molecule has 2 rings (SSSR count). The van der Waals surface area contributed by atoms with Crippen LogP contribution in [0.5, 0.6) is 0 Å². The standard InChI is InChI=1S/C14H11Cl2F2N/c15-9-4-5-10(11(16)7-9)13(19)6-8-2-1-3-12(17)14(8)18/h1-5,7,13H,6,19H2. The van der Waals surface area contributed by atoms with Crippen molar-refractivity contribution in [2.45, 2.75) is 12.5 Å². The first kappa shape index (κ1) is 14.3. The first-order chi connectivity index (χ1) is 8.99. The molecular formula is C14H11Cl2F2N. The first-order valence-electron chi connectivity index (χ1n) is 5.62. The fourth-order valence-corrected chi connectivity index (χ4v) is 2.40. The van der Waals surface area contributed by atoms with Crippen LogP contribution < -0.4 is 5.73 Å². The summed E-state index contributed by atoms with van der Waals surface area (Å²) in [6.45, 7) is 0. The molecule has 100 valence electrons. The molecule has 5 heteroatoms. The summed E-state index contributed by atoms with van der Waals surface area (Å²) < 4.78 is 26.7. The van der Waals surface area contributed by atoms with Crippen LogP contribution in [-0.2, 0) is 6.42 Å². The molecule has 1 atom stereocenters. The molecule has 19 heavy (non-hydrogen) atoms. The van der Waals surface area contributed by atoms with E-state index in [-0.39, 0.29) is 12.0 Å². The SMILES string of the molecule is NC(Cc1cccc(F)c1F)c1ccc(Cl)cc1Cl. The molecule has 0 radical (unpaired) electrons. The lowest BCUT2D eigenvalue weighted by Gasteiger charge is -2.14. The van der Waals surface area contributed by atoms with Gasteiger partial charge in [-0.3, -0.25) is 0 Å². The molecule has 0 bridgehead atoms. The fraction of sp³-hybridized carbons (Fsp3) is 0.143. The van der Waals surface area contributed by atoms with Crippen LogP contribution in [0.15, 0.2) is 36.4 Å². The van der Waals surface area contributed by atoms with Gasteiger partial charge >= 0.3 is 0 Å². The predicted octanol–water partition coefficient (Wildman–Crippen LogP) is 4.51. The Bertz CT molecular complexity index is 602. The topological polar surface area (TPSA) is 26.0 Å². The molecule has 0 heterocycles. The van der Waals surface area contributed by atoms with E-state index in [9.17, 15) is 8.78 Å². The lowest BCUT2D eigenvalue weighted by Crippen LogP contribution is -2.15. The molecule has 2 aromatic carbocycles. The third-order valence-electron chi connectivity index (χ3n) is 2.83. The van der Waals surface area contributed by atoms with Crippen molar-refractivity contribution in [3.8, 4) is 0 Å². The summed E-state index contributed by atoms with van der Waals surface area (Å²) in [7, 11) is 0. The average molecular weight is 302 g/mol. The van der Waals surface area contributed by atoms with Gasteiger partial charge in [-0.15, -0.1) is 0 Å². The second kappa shape index (κ2) is 5.87. The Morgan fingerprint density at radius 3 is 2.53 bits per heavy atom. The summed E-state index contributed by atoms with van der Waals surface area (Å²) in [5.74, 6) is -1.75. The van der Waals surface area contributed by atoms with Crippen molar-refractivity contribution in [1.82, 2.24) is 0 Å². The zero-order valence-electron chi connectivity index (χ0n) is 9.84. The van der Waals surface area contributed by atoms with Gasteiger partial charge in [0.2, 0.25) is 0 Å².